The number of carbonyl (C=O) groups excluding carboxylic acids is 2. The number of aromatic nitrogens is 3. The van der Waals surface area contributed by atoms with Gasteiger partial charge in [-0.25, -0.2) is 0 Å². The Morgan fingerprint density at radius 2 is 1.77 bits per heavy atom. The summed E-state index contributed by atoms with van der Waals surface area (Å²) in [5.74, 6) is -0.894. The van der Waals surface area contributed by atoms with E-state index in [0.29, 0.717) is 37.1 Å². The summed E-state index contributed by atoms with van der Waals surface area (Å²) >= 11 is 0. The molecular weight excluding hydrogens is 411 g/mol. The highest BCUT2D eigenvalue weighted by Gasteiger charge is 2.36. The van der Waals surface area contributed by atoms with Gasteiger partial charge in [-0.05, 0) is 42.5 Å². The molecule has 7 nitrogen and oxygen atoms in total. The van der Waals surface area contributed by atoms with Gasteiger partial charge in [0.15, 0.2) is 5.65 Å². The number of fused-ring (bicyclic) bond motifs is 1. The van der Waals surface area contributed by atoms with Gasteiger partial charge in [0, 0.05) is 26.3 Å². The molecule has 1 saturated heterocycles. The van der Waals surface area contributed by atoms with Crippen molar-refractivity contribution in [1.29, 1.82) is 0 Å². The first-order valence-corrected chi connectivity index (χ1v) is 9.82. The molecule has 0 aliphatic carbocycles. The number of benzene rings is 1. The molecule has 0 atom stereocenters. The summed E-state index contributed by atoms with van der Waals surface area (Å²) in [4.78, 5) is 26.5. The number of rotatable bonds is 3. The van der Waals surface area contributed by atoms with Crippen LogP contribution in [0.4, 0.5) is 13.2 Å². The van der Waals surface area contributed by atoms with Gasteiger partial charge in [-0.15, -0.1) is 10.2 Å². The minimum atomic E-state index is -4.41. The first-order chi connectivity index (χ1) is 14.8. The molecule has 2 aromatic heterocycles. The largest absolute Gasteiger partial charge is 0.416 e. The lowest BCUT2D eigenvalue weighted by Crippen LogP contribution is -2.39. The lowest BCUT2D eigenvalue weighted by Gasteiger charge is -2.32. The second-order valence-corrected chi connectivity index (χ2v) is 7.40. The maximum Gasteiger partial charge on any atom is 0.416 e. The molecule has 3 aromatic rings. The highest BCUT2D eigenvalue weighted by molar-refractivity contribution is 5.95. The number of hydrogen-bond donors (Lipinski definition) is 1. The van der Waals surface area contributed by atoms with Gasteiger partial charge in [0.25, 0.3) is 11.8 Å². The average molecular weight is 431 g/mol. The van der Waals surface area contributed by atoms with Crippen molar-refractivity contribution in [3.8, 4) is 0 Å². The van der Waals surface area contributed by atoms with Crippen LogP contribution < -0.4 is 5.32 Å². The molecule has 10 heteroatoms. The monoisotopic (exact) mass is 431 g/mol. The zero-order valence-corrected chi connectivity index (χ0v) is 16.7. The van der Waals surface area contributed by atoms with Crippen LogP contribution in [0.3, 0.4) is 0 Å². The fourth-order valence-electron chi connectivity index (χ4n) is 3.96. The highest BCUT2D eigenvalue weighted by Crippen LogP contribution is 2.38. The summed E-state index contributed by atoms with van der Waals surface area (Å²) < 4.78 is 41.5. The molecule has 31 heavy (non-hydrogen) atoms. The predicted octanol–water partition coefficient (Wildman–Crippen LogP) is 3.13. The molecule has 1 aliphatic rings. The Labute approximate surface area is 175 Å². The Hall–Kier alpha value is -3.43. The zero-order chi connectivity index (χ0) is 22.2. The third kappa shape index (κ3) is 3.97. The Morgan fingerprint density at radius 1 is 1.06 bits per heavy atom. The Bertz CT molecular complexity index is 1130. The lowest BCUT2D eigenvalue weighted by atomic mass is 9.86. The molecule has 1 aromatic carbocycles. The third-order valence-electron chi connectivity index (χ3n) is 5.57. The van der Waals surface area contributed by atoms with Crippen LogP contribution in [0.5, 0.6) is 0 Å². The lowest BCUT2D eigenvalue weighted by molar-refractivity contribution is -0.138. The maximum atomic E-state index is 13.3. The molecule has 0 unspecified atom stereocenters. The van der Waals surface area contributed by atoms with Crippen molar-refractivity contribution in [3.05, 3.63) is 65.1 Å². The van der Waals surface area contributed by atoms with Crippen molar-refractivity contribution in [1.82, 2.24) is 24.8 Å². The molecule has 0 spiro atoms. The molecule has 4 rings (SSSR count). The summed E-state index contributed by atoms with van der Waals surface area (Å²) in [5, 5.41) is 10.4. The molecule has 0 saturated carbocycles. The second kappa shape index (κ2) is 8.01. The van der Waals surface area contributed by atoms with Gasteiger partial charge in [0.05, 0.1) is 11.1 Å². The van der Waals surface area contributed by atoms with Gasteiger partial charge in [-0.2, -0.15) is 13.2 Å². The minimum Gasteiger partial charge on any atom is -0.355 e. The molecule has 1 fully saturated rings. The quantitative estimate of drug-likeness (QED) is 0.691. The molecule has 0 radical (unpaired) electrons. The van der Waals surface area contributed by atoms with Crippen LogP contribution >= 0.6 is 0 Å². The zero-order valence-electron chi connectivity index (χ0n) is 16.7. The number of hydrogen-bond acceptors (Lipinski definition) is 4. The van der Waals surface area contributed by atoms with Crippen LogP contribution in [0, 0.1) is 0 Å². The Balaban J connectivity index is 1.53. The summed E-state index contributed by atoms with van der Waals surface area (Å²) in [5.41, 5.74) is 0.423. The van der Waals surface area contributed by atoms with E-state index in [0.717, 1.165) is 6.07 Å². The van der Waals surface area contributed by atoms with Crippen molar-refractivity contribution >= 4 is 17.5 Å². The second-order valence-electron chi connectivity index (χ2n) is 7.40. The van der Waals surface area contributed by atoms with E-state index < -0.39 is 11.7 Å². The molecule has 1 N–H and O–H groups in total. The normalized spacial score (nSPS) is 15.3. The van der Waals surface area contributed by atoms with Gasteiger partial charge in [-0.1, -0.05) is 18.2 Å². The number of amides is 2. The Kier molecular flexibility index (Phi) is 5.38. The van der Waals surface area contributed by atoms with E-state index in [4.69, 9.17) is 0 Å². The average Bonchev–Trinajstić information content (AvgIpc) is 3.21. The van der Waals surface area contributed by atoms with Crippen LogP contribution in [-0.2, 0) is 6.18 Å². The number of piperidine rings is 1. The van der Waals surface area contributed by atoms with E-state index in [2.05, 4.69) is 15.5 Å². The van der Waals surface area contributed by atoms with Crippen molar-refractivity contribution in [2.75, 3.05) is 20.1 Å². The first-order valence-electron chi connectivity index (χ1n) is 9.82. The van der Waals surface area contributed by atoms with E-state index >= 15 is 0 Å². The molecule has 3 heterocycles. The Morgan fingerprint density at radius 3 is 2.45 bits per heavy atom. The number of nitrogens with one attached hydrogen (secondary N) is 1. The van der Waals surface area contributed by atoms with Crippen molar-refractivity contribution in [2.45, 2.75) is 24.9 Å². The van der Waals surface area contributed by atoms with Gasteiger partial charge >= 0.3 is 6.18 Å². The van der Waals surface area contributed by atoms with E-state index in [9.17, 15) is 22.8 Å². The van der Waals surface area contributed by atoms with Crippen LogP contribution in [0.2, 0.25) is 0 Å². The molecule has 162 valence electrons. The van der Waals surface area contributed by atoms with Gasteiger partial charge in [0.1, 0.15) is 0 Å². The van der Waals surface area contributed by atoms with E-state index in [1.54, 1.807) is 23.1 Å². The van der Waals surface area contributed by atoms with Crippen molar-refractivity contribution in [3.63, 3.8) is 0 Å². The summed E-state index contributed by atoms with van der Waals surface area (Å²) in [6, 6.07) is 8.77. The summed E-state index contributed by atoms with van der Waals surface area (Å²) in [7, 11) is 1.51. The number of likely N-dealkylation sites (tertiary alicyclic amines) is 1. The number of carbonyl (C=O) groups is 2. The highest BCUT2D eigenvalue weighted by atomic mass is 19.4. The minimum absolute atomic E-state index is 0.0647. The summed E-state index contributed by atoms with van der Waals surface area (Å²) in [6.45, 7) is 0.611. The van der Waals surface area contributed by atoms with Crippen LogP contribution in [-0.4, -0.2) is 51.4 Å². The van der Waals surface area contributed by atoms with E-state index in [1.165, 1.54) is 29.8 Å². The number of halogens is 3. The number of nitrogens with zero attached hydrogens (tertiary/aromatic N) is 4. The summed E-state index contributed by atoms with van der Waals surface area (Å²) in [6.07, 6.45) is -2.09. The maximum absolute atomic E-state index is 13.3. The predicted molar refractivity (Wildman–Crippen MR) is 106 cm³/mol. The van der Waals surface area contributed by atoms with Gasteiger partial charge < -0.3 is 10.2 Å². The van der Waals surface area contributed by atoms with Gasteiger partial charge in [-0.3, -0.25) is 14.0 Å². The first kappa shape index (κ1) is 20.8. The number of alkyl halides is 3. The van der Waals surface area contributed by atoms with E-state index in [-0.39, 0.29) is 29.1 Å². The fraction of sp³-hybridized carbons (Fsp3) is 0.333. The van der Waals surface area contributed by atoms with E-state index in [1.807, 2.05) is 0 Å². The molecule has 0 bridgehead atoms. The standard InChI is InChI=1S/C21H20F3N5O2/c1-25-19(30)14-6-7-17-26-27-18(29(17)12-14)20(31)28-10-8-13(9-11-28)15-4-2-3-5-16(15)21(22,23)24/h2-7,12-13H,8-11H2,1H3,(H,25,30). The molecule has 2 amide bonds. The molecular formula is C21H20F3N5O2. The number of pyridine rings is 1. The van der Waals surface area contributed by atoms with Gasteiger partial charge in [0.2, 0.25) is 5.82 Å². The van der Waals surface area contributed by atoms with Crippen LogP contribution in [0.15, 0.2) is 42.6 Å². The fourth-order valence-corrected chi connectivity index (χ4v) is 3.96. The van der Waals surface area contributed by atoms with Crippen LogP contribution in [0.1, 0.15) is 50.9 Å². The van der Waals surface area contributed by atoms with Crippen LogP contribution in [0.25, 0.3) is 5.65 Å². The molecule has 1 aliphatic heterocycles. The smallest absolute Gasteiger partial charge is 0.355 e. The topological polar surface area (TPSA) is 79.6 Å². The van der Waals surface area contributed by atoms with Crippen molar-refractivity contribution < 1.29 is 22.8 Å². The van der Waals surface area contributed by atoms with Crippen molar-refractivity contribution in [2.24, 2.45) is 0 Å². The third-order valence-corrected chi connectivity index (χ3v) is 5.57. The SMILES string of the molecule is CNC(=O)c1ccc2nnc(C(=O)N3CCC(c4ccccc4C(F)(F)F)CC3)n2c1.